The molecule has 108 valence electrons. The van der Waals surface area contributed by atoms with Crippen LogP contribution in [-0.2, 0) is 6.54 Å². The Kier molecular flexibility index (Phi) is 4.05. The maximum absolute atomic E-state index is 4.15. The van der Waals surface area contributed by atoms with Crippen molar-refractivity contribution in [2.45, 2.75) is 72.5 Å². The van der Waals surface area contributed by atoms with Crippen LogP contribution in [0.15, 0.2) is 18.7 Å². The fraction of sp³-hybridized carbons (Fsp3) is 0.812. The highest BCUT2D eigenvalue weighted by Gasteiger charge is 2.37. The normalized spacial score (nSPS) is 24.6. The lowest BCUT2D eigenvalue weighted by Crippen LogP contribution is -2.51. The van der Waals surface area contributed by atoms with E-state index < -0.39 is 0 Å². The lowest BCUT2D eigenvalue weighted by molar-refractivity contribution is 0.178. The fourth-order valence-corrected chi connectivity index (χ4v) is 3.06. The van der Waals surface area contributed by atoms with Gasteiger partial charge in [0.2, 0.25) is 0 Å². The Morgan fingerprint density at radius 2 is 2.16 bits per heavy atom. The minimum absolute atomic E-state index is 0.253. The van der Waals surface area contributed by atoms with Crippen LogP contribution in [-0.4, -0.2) is 21.6 Å². The molecule has 2 atom stereocenters. The van der Waals surface area contributed by atoms with Gasteiger partial charge in [-0.05, 0) is 23.7 Å². The SMILES string of the molecule is CC(C)(C)C(Cn1ccnc1)NC1CCCC1(C)C. The average Bonchev–Trinajstić information content (AvgIpc) is 2.87. The number of nitrogens with one attached hydrogen (secondary N) is 1. The third-order valence-corrected chi connectivity index (χ3v) is 4.66. The molecule has 1 fully saturated rings. The second-order valence-corrected chi connectivity index (χ2v) is 7.78. The van der Waals surface area contributed by atoms with Gasteiger partial charge in [-0.2, -0.15) is 0 Å². The van der Waals surface area contributed by atoms with Gasteiger partial charge in [0.25, 0.3) is 0 Å². The Labute approximate surface area is 117 Å². The molecule has 1 aromatic rings. The van der Waals surface area contributed by atoms with Gasteiger partial charge in [-0.15, -0.1) is 0 Å². The second kappa shape index (κ2) is 5.28. The van der Waals surface area contributed by atoms with Crippen LogP contribution in [0.5, 0.6) is 0 Å². The van der Waals surface area contributed by atoms with E-state index in [2.05, 4.69) is 55.7 Å². The van der Waals surface area contributed by atoms with Crippen LogP contribution in [0.25, 0.3) is 0 Å². The molecule has 3 nitrogen and oxygen atoms in total. The predicted molar refractivity (Wildman–Crippen MR) is 80.0 cm³/mol. The van der Waals surface area contributed by atoms with E-state index in [-0.39, 0.29) is 5.41 Å². The van der Waals surface area contributed by atoms with Crippen LogP contribution in [0.2, 0.25) is 0 Å². The van der Waals surface area contributed by atoms with Crippen molar-refractivity contribution in [3.8, 4) is 0 Å². The van der Waals surface area contributed by atoms with E-state index in [0.717, 1.165) is 6.54 Å². The summed E-state index contributed by atoms with van der Waals surface area (Å²) in [7, 11) is 0. The molecule has 1 aromatic heterocycles. The molecular weight excluding hydrogens is 234 g/mol. The Bertz CT molecular complexity index is 387. The van der Waals surface area contributed by atoms with E-state index in [0.29, 0.717) is 17.5 Å². The predicted octanol–water partition coefficient (Wildman–Crippen LogP) is 3.47. The van der Waals surface area contributed by atoms with E-state index in [1.807, 2.05) is 12.5 Å². The van der Waals surface area contributed by atoms with Gasteiger partial charge in [-0.1, -0.05) is 41.0 Å². The number of nitrogens with zero attached hydrogens (tertiary/aromatic N) is 2. The standard InChI is InChI=1S/C16H29N3/c1-15(2,3)14(11-19-10-9-17-12-19)18-13-7-6-8-16(13,4)5/h9-10,12-14,18H,6-8,11H2,1-5H3. The molecule has 0 amide bonds. The summed E-state index contributed by atoms with van der Waals surface area (Å²) in [6, 6.07) is 1.12. The summed E-state index contributed by atoms with van der Waals surface area (Å²) >= 11 is 0. The summed E-state index contributed by atoms with van der Waals surface area (Å²) in [5, 5.41) is 3.94. The van der Waals surface area contributed by atoms with Crippen LogP contribution in [0.1, 0.15) is 53.9 Å². The molecule has 2 rings (SSSR count). The Morgan fingerprint density at radius 1 is 1.42 bits per heavy atom. The van der Waals surface area contributed by atoms with Crippen molar-refractivity contribution in [3.05, 3.63) is 18.7 Å². The van der Waals surface area contributed by atoms with Crippen molar-refractivity contribution in [2.24, 2.45) is 10.8 Å². The monoisotopic (exact) mass is 263 g/mol. The fourth-order valence-electron chi connectivity index (χ4n) is 3.06. The molecule has 0 spiro atoms. The lowest BCUT2D eigenvalue weighted by atomic mass is 9.82. The highest BCUT2D eigenvalue weighted by Crippen LogP contribution is 2.38. The first-order valence-electron chi connectivity index (χ1n) is 7.51. The first-order chi connectivity index (χ1) is 8.79. The maximum Gasteiger partial charge on any atom is 0.0946 e. The zero-order chi connectivity index (χ0) is 14.1. The minimum Gasteiger partial charge on any atom is -0.336 e. The van der Waals surface area contributed by atoms with Gasteiger partial charge in [-0.25, -0.2) is 4.98 Å². The van der Waals surface area contributed by atoms with Gasteiger partial charge in [0.05, 0.1) is 6.33 Å². The summed E-state index contributed by atoms with van der Waals surface area (Å²) in [6.07, 6.45) is 9.84. The number of hydrogen-bond acceptors (Lipinski definition) is 2. The highest BCUT2D eigenvalue weighted by atomic mass is 15.1. The summed E-state index contributed by atoms with van der Waals surface area (Å²) in [4.78, 5) is 4.15. The minimum atomic E-state index is 0.253. The highest BCUT2D eigenvalue weighted by molar-refractivity contribution is 4.95. The van der Waals surface area contributed by atoms with Crippen molar-refractivity contribution < 1.29 is 0 Å². The number of aromatic nitrogens is 2. The third-order valence-electron chi connectivity index (χ3n) is 4.66. The van der Waals surface area contributed by atoms with Gasteiger partial charge >= 0.3 is 0 Å². The summed E-state index contributed by atoms with van der Waals surface area (Å²) < 4.78 is 2.19. The van der Waals surface area contributed by atoms with Gasteiger partial charge in [-0.3, -0.25) is 0 Å². The molecule has 1 aliphatic rings. The molecule has 19 heavy (non-hydrogen) atoms. The molecule has 2 unspecified atom stereocenters. The summed E-state index contributed by atoms with van der Waals surface area (Å²) in [5.74, 6) is 0. The van der Waals surface area contributed by atoms with Crippen LogP contribution < -0.4 is 5.32 Å². The molecule has 0 aromatic carbocycles. The van der Waals surface area contributed by atoms with E-state index in [9.17, 15) is 0 Å². The lowest BCUT2D eigenvalue weighted by Gasteiger charge is -2.38. The topological polar surface area (TPSA) is 29.9 Å². The first kappa shape index (κ1) is 14.6. The average molecular weight is 263 g/mol. The molecule has 1 aliphatic carbocycles. The largest absolute Gasteiger partial charge is 0.336 e. The molecule has 0 bridgehead atoms. The zero-order valence-electron chi connectivity index (χ0n) is 13.1. The van der Waals surface area contributed by atoms with Crippen LogP contribution in [0.4, 0.5) is 0 Å². The van der Waals surface area contributed by atoms with Gasteiger partial charge in [0.15, 0.2) is 0 Å². The van der Waals surface area contributed by atoms with Crippen molar-refractivity contribution >= 4 is 0 Å². The quantitative estimate of drug-likeness (QED) is 0.901. The van der Waals surface area contributed by atoms with E-state index >= 15 is 0 Å². The van der Waals surface area contributed by atoms with E-state index in [4.69, 9.17) is 0 Å². The van der Waals surface area contributed by atoms with Crippen molar-refractivity contribution in [2.75, 3.05) is 0 Å². The maximum atomic E-state index is 4.15. The Balaban J connectivity index is 2.06. The molecule has 3 heteroatoms. The Hall–Kier alpha value is -0.830. The molecule has 1 heterocycles. The molecule has 0 saturated heterocycles. The number of imidazole rings is 1. The number of rotatable bonds is 4. The van der Waals surface area contributed by atoms with E-state index in [1.165, 1.54) is 19.3 Å². The number of hydrogen-bond donors (Lipinski definition) is 1. The molecule has 0 radical (unpaired) electrons. The molecular formula is C16H29N3. The molecule has 0 aliphatic heterocycles. The zero-order valence-corrected chi connectivity index (χ0v) is 13.1. The second-order valence-electron chi connectivity index (χ2n) is 7.78. The van der Waals surface area contributed by atoms with Gasteiger partial charge < -0.3 is 9.88 Å². The summed E-state index contributed by atoms with van der Waals surface area (Å²) in [5.41, 5.74) is 0.682. The van der Waals surface area contributed by atoms with Gasteiger partial charge in [0.1, 0.15) is 0 Å². The molecule has 1 N–H and O–H groups in total. The Morgan fingerprint density at radius 3 is 2.63 bits per heavy atom. The molecule has 1 saturated carbocycles. The van der Waals surface area contributed by atoms with Gasteiger partial charge in [0, 0.05) is 31.0 Å². The first-order valence-corrected chi connectivity index (χ1v) is 7.51. The smallest absolute Gasteiger partial charge is 0.0946 e. The van der Waals surface area contributed by atoms with Crippen molar-refractivity contribution in [1.82, 2.24) is 14.9 Å². The third kappa shape index (κ3) is 3.59. The van der Waals surface area contributed by atoms with E-state index in [1.54, 1.807) is 0 Å². The van der Waals surface area contributed by atoms with Crippen molar-refractivity contribution in [1.29, 1.82) is 0 Å². The van der Waals surface area contributed by atoms with Crippen molar-refractivity contribution in [3.63, 3.8) is 0 Å². The van der Waals surface area contributed by atoms with Crippen LogP contribution in [0, 0.1) is 10.8 Å². The van der Waals surface area contributed by atoms with Crippen LogP contribution in [0.3, 0.4) is 0 Å². The summed E-state index contributed by atoms with van der Waals surface area (Å²) in [6.45, 7) is 12.8. The van der Waals surface area contributed by atoms with Crippen LogP contribution >= 0.6 is 0 Å².